The van der Waals surface area contributed by atoms with Gasteiger partial charge < -0.3 is 5.32 Å². The van der Waals surface area contributed by atoms with E-state index in [1.807, 2.05) is 30.3 Å². The zero-order valence-electron chi connectivity index (χ0n) is 13.4. The monoisotopic (exact) mass is 330 g/mol. The van der Waals surface area contributed by atoms with Crippen molar-refractivity contribution in [1.82, 2.24) is 10.8 Å². The summed E-state index contributed by atoms with van der Waals surface area (Å²) in [5.74, 6) is -2.21. The second-order valence-corrected chi connectivity index (χ2v) is 5.53. The molecule has 5 nitrogen and oxygen atoms in total. The molecule has 0 radical (unpaired) electrons. The molecule has 0 aliphatic carbocycles. The second-order valence-electron chi connectivity index (χ2n) is 5.53. The van der Waals surface area contributed by atoms with Gasteiger partial charge in [0.2, 0.25) is 5.91 Å². The molecule has 0 aliphatic rings. The third-order valence-electron chi connectivity index (χ3n) is 3.83. The minimum Gasteiger partial charge on any atom is -0.344 e. The highest BCUT2D eigenvalue weighted by Gasteiger charge is 2.21. The lowest BCUT2D eigenvalue weighted by Crippen LogP contribution is -2.45. The van der Waals surface area contributed by atoms with Crippen LogP contribution in [0.1, 0.15) is 25.3 Å². The van der Waals surface area contributed by atoms with Crippen LogP contribution in [-0.4, -0.2) is 23.1 Å². The van der Waals surface area contributed by atoms with E-state index in [9.17, 15) is 14.0 Å². The Labute approximate surface area is 139 Å². The van der Waals surface area contributed by atoms with Gasteiger partial charge >= 0.3 is 0 Å². The quantitative estimate of drug-likeness (QED) is 0.582. The highest BCUT2D eigenvalue weighted by Crippen LogP contribution is 2.26. The Morgan fingerprint density at radius 3 is 2.29 bits per heavy atom. The number of hydrogen-bond acceptors (Lipinski definition) is 3. The van der Waals surface area contributed by atoms with Crippen LogP contribution in [0.15, 0.2) is 48.5 Å². The molecule has 2 amide bonds. The number of hydroxylamine groups is 1. The average molecular weight is 330 g/mol. The zero-order chi connectivity index (χ0) is 17.7. The van der Waals surface area contributed by atoms with Crippen LogP contribution in [0.2, 0.25) is 0 Å². The molecule has 0 fully saturated rings. The summed E-state index contributed by atoms with van der Waals surface area (Å²) in [5, 5.41) is 11.0. The molecule has 2 rings (SSSR count). The minimum atomic E-state index is -0.890. The van der Waals surface area contributed by atoms with Crippen molar-refractivity contribution in [3.8, 4) is 11.1 Å². The fourth-order valence-corrected chi connectivity index (χ4v) is 2.30. The van der Waals surface area contributed by atoms with Gasteiger partial charge in [-0.1, -0.05) is 42.5 Å². The number of hydrogen-bond donors (Lipinski definition) is 3. The van der Waals surface area contributed by atoms with Gasteiger partial charge in [-0.05, 0) is 31.0 Å². The molecule has 3 N–H and O–H groups in total. The van der Waals surface area contributed by atoms with E-state index in [0.717, 1.165) is 5.56 Å². The number of nitrogens with one attached hydrogen (secondary N) is 2. The predicted molar refractivity (Wildman–Crippen MR) is 87.8 cm³/mol. The lowest BCUT2D eigenvalue weighted by molar-refractivity contribution is -0.134. The van der Waals surface area contributed by atoms with Gasteiger partial charge in [0.1, 0.15) is 11.9 Å². The number of carbonyl (C=O) groups is 2. The second kappa shape index (κ2) is 7.70. The van der Waals surface area contributed by atoms with Gasteiger partial charge in [-0.3, -0.25) is 14.8 Å². The summed E-state index contributed by atoms with van der Waals surface area (Å²) in [7, 11) is 0. The van der Waals surface area contributed by atoms with Crippen molar-refractivity contribution in [3.05, 3.63) is 59.9 Å². The van der Waals surface area contributed by atoms with E-state index in [2.05, 4.69) is 5.32 Å². The SMILES string of the molecule is CC(C(=O)N[C@H](C)C(=O)NO)c1ccc(-c2ccccc2)c(F)c1. The minimum absolute atomic E-state index is 0.417. The van der Waals surface area contributed by atoms with Gasteiger partial charge in [-0.25, -0.2) is 9.87 Å². The molecular formula is C18H19FN2O3. The van der Waals surface area contributed by atoms with Crippen LogP contribution >= 0.6 is 0 Å². The standard InChI is InChI=1S/C18H19FN2O3/c1-11(17(22)20-12(2)18(23)21-24)14-8-9-15(16(19)10-14)13-6-4-3-5-7-13/h3-12,24H,1-2H3,(H,20,22)(H,21,23)/t11?,12-/m1/s1. The highest BCUT2D eigenvalue weighted by molar-refractivity contribution is 5.89. The van der Waals surface area contributed by atoms with Crippen molar-refractivity contribution in [2.45, 2.75) is 25.8 Å². The first-order chi connectivity index (χ1) is 11.4. The Balaban J connectivity index is 2.16. The third-order valence-corrected chi connectivity index (χ3v) is 3.83. The van der Waals surface area contributed by atoms with E-state index in [1.165, 1.54) is 18.5 Å². The summed E-state index contributed by atoms with van der Waals surface area (Å²) in [6.07, 6.45) is 0. The van der Waals surface area contributed by atoms with E-state index in [1.54, 1.807) is 19.1 Å². The molecule has 24 heavy (non-hydrogen) atoms. The Kier molecular flexibility index (Phi) is 5.65. The lowest BCUT2D eigenvalue weighted by Gasteiger charge is -2.17. The third kappa shape index (κ3) is 3.97. The number of rotatable bonds is 5. The van der Waals surface area contributed by atoms with E-state index < -0.39 is 29.6 Å². The molecule has 2 atom stereocenters. The number of benzene rings is 2. The van der Waals surface area contributed by atoms with E-state index in [4.69, 9.17) is 5.21 Å². The van der Waals surface area contributed by atoms with Crippen molar-refractivity contribution >= 4 is 11.8 Å². The first-order valence-electron chi connectivity index (χ1n) is 7.53. The molecule has 0 heterocycles. The predicted octanol–water partition coefficient (Wildman–Crippen LogP) is 2.61. The Morgan fingerprint density at radius 1 is 1.04 bits per heavy atom. The Bertz CT molecular complexity index is 734. The first kappa shape index (κ1) is 17.6. The van der Waals surface area contributed by atoms with Crippen molar-refractivity contribution < 1.29 is 19.2 Å². The van der Waals surface area contributed by atoms with Gasteiger partial charge in [0.15, 0.2) is 0 Å². The topological polar surface area (TPSA) is 78.4 Å². The molecule has 0 aromatic heterocycles. The number of carbonyl (C=O) groups excluding carboxylic acids is 2. The summed E-state index contributed by atoms with van der Waals surface area (Å²) in [5.41, 5.74) is 3.19. The molecule has 0 spiro atoms. The van der Waals surface area contributed by atoms with Crippen LogP contribution in [0.5, 0.6) is 0 Å². The molecule has 0 saturated carbocycles. The molecule has 0 aliphatic heterocycles. The van der Waals surface area contributed by atoms with Gasteiger partial charge in [-0.2, -0.15) is 0 Å². The number of amides is 2. The fourth-order valence-electron chi connectivity index (χ4n) is 2.30. The van der Waals surface area contributed by atoms with E-state index in [-0.39, 0.29) is 0 Å². The highest BCUT2D eigenvalue weighted by atomic mass is 19.1. The summed E-state index contributed by atoms with van der Waals surface area (Å²) in [6.45, 7) is 3.06. The first-order valence-corrected chi connectivity index (χ1v) is 7.53. The van der Waals surface area contributed by atoms with Gasteiger partial charge in [0, 0.05) is 5.56 Å². The molecule has 0 bridgehead atoms. The summed E-state index contributed by atoms with van der Waals surface area (Å²) < 4.78 is 14.4. The van der Waals surface area contributed by atoms with Crippen LogP contribution in [0.4, 0.5) is 4.39 Å². The Hall–Kier alpha value is -2.73. The zero-order valence-corrected chi connectivity index (χ0v) is 13.4. The molecule has 2 aromatic rings. The van der Waals surface area contributed by atoms with Crippen molar-refractivity contribution in [2.75, 3.05) is 0 Å². The van der Waals surface area contributed by atoms with Crippen molar-refractivity contribution in [1.29, 1.82) is 0 Å². The summed E-state index contributed by atoms with van der Waals surface area (Å²) in [4.78, 5) is 23.4. The Morgan fingerprint density at radius 2 is 1.71 bits per heavy atom. The maximum atomic E-state index is 14.4. The molecule has 1 unspecified atom stereocenters. The molecule has 126 valence electrons. The summed E-state index contributed by atoms with van der Waals surface area (Å²) in [6, 6.07) is 12.9. The number of halogens is 1. The molecule has 0 saturated heterocycles. The van der Waals surface area contributed by atoms with Gasteiger partial charge in [0.05, 0.1) is 5.92 Å². The normalized spacial score (nSPS) is 13.0. The molecular weight excluding hydrogens is 311 g/mol. The fraction of sp³-hybridized carbons (Fsp3) is 0.222. The molecule has 2 aromatic carbocycles. The largest absolute Gasteiger partial charge is 0.344 e. The van der Waals surface area contributed by atoms with E-state index in [0.29, 0.717) is 11.1 Å². The van der Waals surface area contributed by atoms with Crippen LogP contribution in [0.3, 0.4) is 0 Å². The van der Waals surface area contributed by atoms with Crippen LogP contribution in [-0.2, 0) is 9.59 Å². The van der Waals surface area contributed by atoms with Crippen LogP contribution in [0.25, 0.3) is 11.1 Å². The van der Waals surface area contributed by atoms with Gasteiger partial charge in [0.25, 0.3) is 5.91 Å². The summed E-state index contributed by atoms with van der Waals surface area (Å²) >= 11 is 0. The smallest absolute Gasteiger partial charge is 0.265 e. The van der Waals surface area contributed by atoms with Crippen molar-refractivity contribution in [3.63, 3.8) is 0 Å². The maximum Gasteiger partial charge on any atom is 0.265 e. The molecule has 6 heteroatoms. The van der Waals surface area contributed by atoms with E-state index >= 15 is 0 Å². The lowest BCUT2D eigenvalue weighted by atomic mass is 9.96. The van der Waals surface area contributed by atoms with Crippen molar-refractivity contribution in [2.24, 2.45) is 0 Å². The van der Waals surface area contributed by atoms with Crippen LogP contribution in [0, 0.1) is 5.82 Å². The van der Waals surface area contributed by atoms with Gasteiger partial charge in [-0.15, -0.1) is 0 Å². The average Bonchev–Trinajstić information content (AvgIpc) is 2.60. The van der Waals surface area contributed by atoms with Crippen LogP contribution < -0.4 is 10.8 Å². The maximum absolute atomic E-state index is 14.4.